The summed E-state index contributed by atoms with van der Waals surface area (Å²) in [5.41, 5.74) is 0.246. The van der Waals surface area contributed by atoms with Crippen LogP contribution in [-0.4, -0.2) is 30.8 Å². The Bertz CT molecular complexity index is 667. The van der Waals surface area contributed by atoms with E-state index in [1.807, 2.05) is 0 Å². The van der Waals surface area contributed by atoms with E-state index in [0.717, 1.165) is 12.8 Å². The Kier molecular flexibility index (Phi) is 4.43. The molecule has 2 N–H and O–H groups in total. The molecule has 2 aliphatic rings. The lowest BCUT2D eigenvalue weighted by molar-refractivity contribution is 0.0908. The Morgan fingerprint density at radius 2 is 2.13 bits per heavy atom. The maximum atomic E-state index is 12.4. The monoisotopic (exact) mass is 339 g/mol. The Hall–Kier alpha value is -1.83. The Balaban J connectivity index is 1.67. The van der Waals surface area contributed by atoms with Crippen molar-refractivity contribution in [1.29, 1.82) is 0 Å². The molecule has 1 aromatic heterocycles. The second-order valence-corrected chi connectivity index (χ2v) is 8.21. The highest BCUT2D eigenvalue weighted by atomic mass is 32.2. The molecule has 23 heavy (non-hydrogen) atoms. The van der Waals surface area contributed by atoms with E-state index in [0.29, 0.717) is 25.2 Å². The van der Waals surface area contributed by atoms with Gasteiger partial charge in [0.2, 0.25) is 10.0 Å². The van der Waals surface area contributed by atoms with Crippen LogP contribution in [0, 0.1) is 11.8 Å². The Labute approximate surface area is 135 Å². The van der Waals surface area contributed by atoms with Crippen molar-refractivity contribution in [2.24, 2.45) is 11.8 Å². The van der Waals surface area contributed by atoms with Gasteiger partial charge in [0.1, 0.15) is 6.26 Å². The van der Waals surface area contributed by atoms with Crippen molar-refractivity contribution in [3.05, 3.63) is 30.8 Å². The fraction of sp³-hybridized carbons (Fsp3) is 0.600. The number of rotatable bonds is 6. The van der Waals surface area contributed by atoms with Crippen LogP contribution >= 0.6 is 0 Å². The summed E-state index contributed by atoms with van der Waals surface area (Å²) < 4.78 is 31.8. The molecule has 0 aromatic carbocycles. The third kappa shape index (κ3) is 3.57. The summed E-state index contributed by atoms with van der Waals surface area (Å²) in [6.07, 6.45) is 6.55. The normalized spacial score (nSPS) is 28.1. The van der Waals surface area contributed by atoms with E-state index in [1.165, 1.54) is 18.5 Å². The predicted octanol–water partition coefficient (Wildman–Crippen LogP) is 1.41. The molecule has 126 valence electrons. The molecule has 7 nitrogen and oxygen atoms in total. The van der Waals surface area contributed by atoms with Gasteiger partial charge >= 0.3 is 0 Å². The molecule has 3 rings (SSSR count). The van der Waals surface area contributed by atoms with Crippen LogP contribution in [0.4, 0.5) is 0 Å². The molecule has 2 fully saturated rings. The maximum absolute atomic E-state index is 12.4. The van der Waals surface area contributed by atoms with E-state index in [9.17, 15) is 13.2 Å². The molecule has 8 heteroatoms. The summed E-state index contributed by atoms with van der Waals surface area (Å²) in [6, 6.07) is 1.48. The zero-order chi connectivity index (χ0) is 16.4. The molecule has 0 spiro atoms. The first-order valence-electron chi connectivity index (χ1n) is 7.84. The highest BCUT2D eigenvalue weighted by Crippen LogP contribution is 2.46. The topological polar surface area (TPSA) is 101 Å². The van der Waals surface area contributed by atoms with Crippen molar-refractivity contribution in [2.75, 3.05) is 0 Å². The molecule has 3 atom stereocenters. The number of nitrogens with zero attached hydrogens (tertiary/aromatic N) is 1. The Morgan fingerprint density at radius 1 is 1.35 bits per heavy atom. The number of amides is 1. The van der Waals surface area contributed by atoms with Crippen LogP contribution in [0.1, 0.15) is 42.6 Å². The number of hydrogen-bond donors (Lipinski definition) is 2. The zero-order valence-corrected chi connectivity index (χ0v) is 13.6. The van der Waals surface area contributed by atoms with Gasteiger partial charge in [-0.3, -0.25) is 9.52 Å². The van der Waals surface area contributed by atoms with Crippen LogP contribution in [-0.2, 0) is 10.0 Å². The quantitative estimate of drug-likeness (QED) is 0.816. The van der Waals surface area contributed by atoms with Crippen LogP contribution in [0.25, 0.3) is 0 Å². The summed E-state index contributed by atoms with van der Waals surface area (Å²) >= 11 is 0. The van der Waals surface area contributed by atoms with Crippen molar-refractivity contribution in [1.82, 2.24) is 15.2 Å². The summed E-state index contributed by atoms with van der Waals surface area (Å²) in [6.45, 7) is 3.45. The first-order chi connectivity index (χ1) is 11.0. The number of nitrogens with one attached hydrogen (secondary N) is 2. The SMILES string of the molecule is C=CNS(=O)(=O)[C@@H]1CC[C@@H](NC(=O)c2ccon2)C[C@@H]1C1CC1. The number of carbonyl (C=O) groups is 1. The zero-order valence-electron chi connectivity index (χ0n) is 12.8. The van der Waals surface area contributed by atoms with Gasteiger partial charge in [0, 0.05) is 18.3 Å². The smallest absolute Gasteiger partial charge is 0.273 e. The first-order valence-corrected chi connectivity index (χ1v) is 9.39. The minimum Gasteiger partial charge on any atom is -0.364 e. The maximum Gasteiger partial charge on any atom is 0.273 e. The summed E-state index contributed by atoms with van der Waals surface area (Å²) in [4.78, 5) is 12.1. The molecule has 0 aliphatic heterocycles. The first kappa shape index (κ1) is 16.0. The van der Waals surface area contributed by atoms with Crippen molar-refractivity contribution >= 4 is 15.9 Å². The Morgan fingerprint density at radius 3 is 2.74 bits per heavy atom. The minimum atomic E-state index is -3.39. The van der Waals surface area contributed by atoms with E-state index in [1.54, 1.807) is 0 Å². The number of aromatic nitrogens is 1. The van der Waals surface area contributed by atoms with Crippen LogP contribution in [0.15, 0.2) is 29.6 Å². The average molecular weight is 339 g/mol. The lowest BCUT2D eigenvalue weighted by Crippen LogP contribution is -2.47. The second kappa shape index (κ2) is 6.35. The molecule has 0 bridgehead atoms. The molecule has 0 radical (unpaired) electrons. The number of hydrogen-bond acceptors (Lipinski definition) is 5. The third-order valence-corrected chi connectivity index (χ3v) is 6.59. The van der Waals surface area contributed by atoms with Crippen molar-refractivity contribution in [2.45, 2.75) is 43.4 Å². The number of sulfonamides is 1. The second-order valence-electron chi connectivity index (χ2n) is 6.27. The molecular weight excluding hydrogens is 318 g/mol. The van der Waals surface area contributed by atoms with E-state index in [2.05, 4.69) is 26.3 Å². The molecule has 0 unspecified atom stereocenters. The molecule has 2 saturated carbocycles. The van der Waals surface area contributed by atoms with E-state index in [4.69, 9.17) is 0 Å². The molecule has 1 amide bonds. The van der Waals surface area contributed by atoms with Gasteiger partial charge in [-0.15, -0.1) is 0 Å². The van der Waals surface area contributed by atoms with Crippen molar-refractivity contribution in [3.8, 4) is 0 Å². The lowest BCUT2D eigenvalue weighted by Gasteiger charge is -2.36. The van der Waals surface area contributed by atoms with Gasteiger partial charge in [-0.1, -0.05) is 11.7 Å². The van der Waals surface area contributed by atoms with E-state index >= 15 is 0 Å². The van der Waals surface area contributed by atoms with Gasteiger partial charge in [-0.05, 0) is 43.9 Å². The van der Waals surface area contributed by atoms with Crippen LogP contribution < -0.4 is 10.0 Å². The summed E-state index contributed by atoms with van der Waals surface area (Å²) in [5.74, 6) is 0.237. The average Bonchev–Trinajstić information content (AvgIpc) is 3.21. The van der Waals surface area contributed by atoms with Crippen molar-refractivity contribution < 1.29 is 17.7 Å². The van der Waals surface area contributed by atoms with Crippen LogP contribution in [0.2, 0.25) is 0 Å². The molecule has 1 aromatic rings. The standard InChI is InChI=1S/C15H21N3O4S/c1-2-16-23(20,21)14-6-5-11(9-12(14)10-3-4-10)17-15(19)13-7-8-22-18-13/h2,7-8,10-12,14,16H,1,3-6,9H2,(H,17,19)/t11-,12-,14-/m1/s1. The molecule has 1 heterocycles. The third-order valence-electron chi connectivity index (χ3n) is 4.71. The van der Waals surface area contributed by atoms with Gasteiger partial charge in [-0.25, -0.2) is 8.42 Å². The van der Waals surface area contributed by atoms with Gasteiger partial charge in [-0.2, -0.15) is 0 Å². The summed E-state index contributed by atoms with van der Waals surface area (Å²) in [7, 11) is -3.39. The molecular formula is C15H21N3O4S. The van der Waals surface area contributed by atoms with E-state index in [-0.39, 0.29) is 23.6 Å². The predicted molar refractivity (Wildman–Crippen MR) is 83.9 cm³/mol. The van der Waals surface area contributed by atoms with Gasteiger partial charge in [0.15, 0.2) is 5.69 Å². The lowest BCUT2D eigenvalue weighted by atomic mass is 9.82. The van der Waals surface area contributed by atoms with Gasteiger partial charge < -0.3 is 9.84 Å². The van der Waals surface area contributed by atoms with Crippen LogP contribution in [0.5, 0.6) is 0 Å². The molecule has 2 aliphatic carbocycles. The van der Waals surface area contributed by atoms with Crippen LogP contribution in [0.3, 0.4) is 0 Å². The fourth-order valence-electron chi connectivity index (χ4n) is 3.51. The minimum absolute atomic E-state index is 0.0278. The van der Waals surface area contributed by atoms with Crippen molar-refractivity contribution in [3.63, 3.8) is 0 Å². The van der Waals surface area contributed by atoms with Gasteiger partial charge in [0.05, 0.1) is 5.25 Å². The largest absolute Gasteiger partial charge is 0.364 e. The highest BCUT2D eigenvalue weighted by Gasteiger charge is 2.45. The summed E-state index contributed by atoms with van der Waals surface area (Å²) in [5, 5.41) is 6.15. The number of carbonyl (C=O) groups excluding carboxylic acids is 1. The van der Waals surface area contributed by atoms with Gasteiger partial charge in [0.25, 0.3) is 5.91 Å². The fourth-order valence-corrected chi connectivity index (χ4v) is 5.15. The molecule has 0 saturated heterocycles. The van der Waals surface area contributed by atoms with E-state index < -0.39 is 15.3 Å². The highest BCUT2D eigenvalue weighted by molar-refractivity contribution is 7.90.